The number of aryl methyl sites for hydroxylation is 1. The van der Waals surface area contributed by atoms with E-state index in [1.165, 1.54) is 11.8 Å². The van der Waals surface area contributed by atoms with Crippen molar-refractivity contribution in [1.29, 1.82) is 0 Å². The van der Waals surface area contributed by atoms with Crippen LogP contribution >= 0.6 is 0 Å². The van der Waals surface area contributed by atoms with E-state index in [2.05, 4.69) is 29.7 Å². The molecule has 1 aromatic carbocycles. The number of hydrogen-bond acceptors (Lipinski definition) is 3. The molecule has 0 aliphatic carbocycles. The van der Waals surface area contributed by atoms with Crippen molar-refractivity contribution >= 4 is 11.8 Å². The summed E-state index contributed by atoms with van der Waals surface area (Å²) in [6.07, 6.45) is 2.40. The lowest BCUT2D eigenvalue weighted by molar-refractivity contribution is -0.123. The van der Waals surface area contributed by atoms with Crippen LogP contribution in [0.5, 0.6) is 0 Å². The van der Waals surface area contributed by atoms with Crippen LogP contribution in [0.4, 0.5) is 0 Å². The molecule has 0 bridgehead atoms. The highest BCUT2D eigenvalue weighted by atomic mass is 16.3. The van der Waals surface area contributed by atoms with Crippen LogP contribution in [0.2, 0.25) is 0 Å². The van der Waals surface area contributed by atoms with Crippen LogP contribution in [0.15, 0.2) is 47.1 Å². The maximum atomic E-state index is 12.2. The Kier molecular flexibility index (Phi) is 5.57. The summed E-state index contributed by atoms with van der Waals surface area (Å²) in [5, 5.41) is 5.51. The van der Waals surface area contributed by atoms with Gasteiger partial charge in [0.15, 0.2) is 5.76 Å². The number of carbonyl (C=O) groups is 2. The van der Waals surface area contributed by atoms with E-state index in [9.17, 15) is 9.59 Å². The van der Waals surface area contributed by atoms with Crippen LogP contribution < -0.4 is 10.6 Å². The van der Waals surface area contributed by atoms with E-state index < -0.39 is 11.9 Å². The van der Waals surface area contributed by atoms with Crippen LogP contribution in [-0.2, 0) is 11.2 Å². The standard InChI is InChI=1S/C18H22N2O3/c1-4-14-7-9-15(10-8-14)12(2)19-17(21)13(3)20-18(22)16-6-5-11-23-16/h5-13H,4H2,1-3H3,(H,19,21)(H,20,22). The Bertz CT molecular complexity index is 647. The van der Waals surface area contributed by atoms with Crippen molar-refractivity contribution < 1.29 is 14.0 Å². The van der Waals surface area contributed by atoms with Gasteiger partial charge in [-0.3, -0.25) is 9.59 Å². The van der Waals surface area contributed by atoms with Crippen LogP contribution in [0, 0.1) is 0 Å². The van der Waals surface area contributed by atoms with E-state index in [1.807, 2.05) is 19.1 Å². The number of carbonyl (C=O) groups excluding carboxylic acids is 2. The largest absolute Gasteiger partial charge is 0.459 e. The minimum Gasteiger partial charge on any atom is -0.459 e. The van der Waals surface area contributed by atoms with E-state index in [1.54, 1.807) is 19.1 Å². The van der Waals surface area contributed by atoms with Crippen molar-refractivity contribution in [1.82, 2.24) is 10.6 Å². The van der Waals surface area contributed by atoms with Crippen molar-refractivity contribution in [3.05, 3.63) is 59.5 Å². The smallest absolute Gasteiger partial charge is 0.287 e. The van der Waals surface area contributed by atoms with E-state index in [0.29, 0.717) is 0 Å². The molecular formula is C18H22N2O3. The SMILES string of the molecule is CCc1ccc(C(C)NC(=O)C(C)NC(=O)c2ccco2)cc1. The van der Waals surface area contributed by atoms with Crippen LogP contribution in [0.1, 0.15) is 48.5 Å². The first kappa shape index (κ1) is 16.8. The number of benzene rings is 1. The molecule has 2 N–H and O–H groups in total. The molecular weight excluding hydrogens is 292 g/mol. The topological polar surface area (TPSA) is 71.3 Å². The molecule has 0 fully saturated rings. The Hall–Kier alpha value is -2.56. The maximum absolute atomic E-state index is 12.2. The van der Waals surface area contributed by atoms with Gasteiger partial charge in [0.05, 0.1) is 12.3 Å². The number of nitrogens with one attached hydrogen (secondary N) is 2. The van der Waals surface area contributed by atoms with Gasteiger partial charge in [0, 0.05) is 0 Å². The summed E-state index contributed by atoms with van der Waals surface area (Å²) in [6.45, 7) is 5.66. The lowest BCUT2D eigenvalue weighted by Gasteiger charge is -2.18. The Morgan fingerprint density at radius 1 is 1.09 bits per heavy atom. The van der Waals surface area contributed by atoms with Gasteiger partial charge in [0.25, 0.3) is 5.91 Å². The molecule has 0 saturated carbocycles. The van der Waals surface area contributed by atoms with E-state index in [4.69, 9.17) is 4.42 Å². The minimum absolute atomic E-state index is 0.128. The molecule has 5 nitrogen and oxygen atoms in total. The number of amides is 2. The molecule has 0 radical (unpaired) electrons. The normalized spacial score (nSPS) is 13.2. The van der Waals surface area contributed by atoms with Crippen molar-refractivity contribution in [3.8, 4) is 0 Å². The number of hydrogen-bond donors (Lipinski definition) is 2. The summed E-state index contributed by atoms with van der Waals surface area (Å²) < 4.78 is 5.00. The summed E-state index contributed by atoms with van der Waals surface area (Å²) in [6, 6.07) is 10.5. The third-order valence-electron chi connectivity index (χ3n) is 3.73. The summed E-state index contributed by atoms with van der Waals surface area (Å²) in [5.74, 6) is -0.456. The summed E-state index contributed by atoms with van der Waals surface area (Å²) in [4.78, 5) is 24.1. The monoisotopic (exact) mass is 314 g/mol. The molecule has 0 spiro atoms. The number of furan rings is 1. The Morgan fingerprint density at radius 3 is 2.35 bits per heavy atom. The molecule has 23 heavy (non-hydrogen) atoms. The van der Waals surface area contributed by atoms with Crippen molar-refractivity contribution in [3.63, 3.8) is 0 Å². The van der Waals surface area contributed by atoms with Gasteiger partial charge >= 0.3 is 0 Å². The van der Waals surface area contributed by atoms with Crippen molar-refractivity contribution in [2.24, 2.45) is 0 Å². The van der Waals surface area contributed by atoms with Crippen LogP contribution in [-0.4, -0.2) is 17.9 Å². The van der Waals surface area contributed by atoms with E-state index >= 15 is 0 Å². The van der Waals surface area contributed by atoms with Gasteiger partial charge < -0.3 is 15.1 Å². The first-order valence-corrected chi connectivity index (χ1v) is 7.74. The predicted molar refractivity (Wildman–Crippen MR) is 88.0 cm³/mol. The Balaban J connectivity index is 1.90. The highest BCUT2D eigenvalue weighted by Gasteiger charge is 2.19. The van der Waals surface area contributed by atoms with Gasteiger partial charge in [0.1, 0.15) is 6.04 Å². The third kappa shape index (κ3) is 4.45. The summed E-state index contributed by atoms with van der Waals surface area (Å²) in [5.41, 5.74) is 2.28. The fourth-order valence-corrected chi connectivity index (χ4v) is 2.20. The lowest BCUT2D eigenvalue weighted by atomic mass is 10.0. The second-order valence-corrected chi connectivity index (χ2v) is 5.50. The Morgan fingerprint density at radius 2 is 1.78 bits per heavy atom. The van der Waals surface area contributed by atoms with Crippen LogP contribution in [0.25, 0.3) is 0 Å². The zero-order chi connectivity index (χ0) is 16.8. The minimum atomic E-state index is -0.648. The van der Waals surface area contributed by atoms with Crippen LogP contribution in [0.3, 0.4) is 0 Å². The van der Waals surface area contributed by atoms with Crippen molar-refractivity contribution in [2.75, 3.05) is 0 Å². The molecule has 5 heteroatoms. The fourth-order valence-electron chi connectivity index (χ4n) is 2.20. The zero-order valence-electron chi connectivity index (χ0n) is 13.6. The zero-order valence-corrected chi connectivity index (χ0v) is 13.6. The van der Waals surface area contributed by atoms with Gasteiger partial charge in [-0.05, 0) is 43.5 Å². The summed E-state index contributed by atoms with van der Waals surface area (Å²) >= 11 is 0. The second kappa shape index (κ2) is 7.63. The highest BCUT2D eigenvalue weighted by molar-refractivity contribution is 5.95. The molecule has 1 heterocycles. The molecule has 2 unspecified atom stereocenters. The molecule has 2 aromatic rings. The average molecular weight is 314 g/mol. The average Bonchev–Trinajstić information content (AvgIpc) is 3.09. The molecule has 2 amide bonds. The van der Waals surface area contributed by atoms with Gasteiger partial charge in [-0.2, -0.15) is 0 Å². The summed E-state index contributed by atoms with van der Waals surface area (Å²) in [7, 11) is 0. The first-order chi connectivity index (χ1) is 11.0. The quantitative estimate of drug-likeness (QED) is 0.861. The predicted octanol–water partition coefficient (Wildman–Crippen LogP) is 2.84. The van der Waals surface area contributed by atoms with E-state index in [-0.39, 0.29) is 17.7 Å². The molecule has 122 valence electrons. The molecule has 2 rings (SSSR count). The first-order valence-electron chi connectivity index (χ1n) is 7.74. The molecule has 2 atom stereocenters. The molecule has 0 aliphatic rings. The third-order valence-corrected chi connectivity index (χ3v) is 3.73. The van der Waals surface area contributed by atoms with Gasteiger partial charge in [-0.25, -0.2) is 0 Å². The fraction of sp³-hybridized carbons (Fsp3) is 0.333. The molecule has 0 aliphatic heterocycles. The highest BCUT2D eigenvalue weighted by Crippen LogP contribution is 2.14. The second-order valence-electron chi connectivity index (χ2n) is 5.50. The van der Waals surface area contributed by atoms with Gasteiger partial charge in [-0.1, -0.05) is 31.2 Å². The number of rotatable bonds is 6. The van der Waals surface area contributed by atoms with Crippen molar-refractivity contribution in [2.45, 2.75) is 39.3 Å². The Labute approximate surface area is 136 Å². The van der Waals surface area contributed by atoms with Gasteiger partial charge in [0.2, 0.25) is 5.91 Å². The van der Waals surface area contributed by atoms with E-state index in [0.717, 1.165) is 12.0 Å². The molecule has 1 aromatic heterocycles. The maximum Gasteiger partial charge on any atom is 0.287 e. The molecule has 0 saturated heterocycles. The van der Waals surface area contributed by atoms with Gasteiger partial charge in [-0.15, -0.1) is 0 Å². The lowest BCUT2D eigenvalue weighted by Crippen LogP contribution is -2.45.